The molecule has 0 bridgehead atoms. The number of aliphatic imine (C=N–C) groups is 1. The summed E-state index contributed by atoms with van der Waals surface area (Å²) < 4.78 is 28.9. The SMILES string of the molecule is CCCCCc1ccc(C#Cc2ccc(-c3ccc(N=C=S)cc3)c(F)c2)c(F)c1. The van der Waals surface area contributed by atoms with E-state index < -0.39 is 0 Å². The molecule has 0 unspecified atom stereocenters. The number of halogens is 2. The molecule has 3 aromatic rings. The smallest absolute Gasteiger partial charge is 0.139 e. The summed E-state index contributed by atoms with van der Waals surface area (Å²) in [4.78, 5) is 3.88. The maximum absolute atomic E-state index is 14.6. The molecule has 0 saturated heterocycles. The number of benzene rings is 3. The van der Waals surface area contributed by atoms with Crippen molar-refractivity contribution in [3.05, 3.63) is 89.0 Å². The van der Waals surface area contributed by atoms with E-state index in [-0.39, 0.29) is 11.6 Å². The summed E-state index contributed by atoms with van der Waals surface area (Å²) in [7, 11) is 0. The minimum Gasteiger partial charge on any atom is -0.206 e. The fourth-order valence-corrected chi connectivity index (χ4v) is 3.23. The van der Waals surface area contributed by atoms with Gasteiger partial charge in [0.2, 0.25) is 0 Å². The molecule has 0 aliphatic carbocycles. The molecule has 0 heterocycles. The molecule has 0 aromatic heterocycles. The fraction of sp³-hybridized carbons (Fsp3) is 0.192. The molecule has 0 aliphatic heterocycles. The largest absolute Gasteiger partial charge is 0.206 e. The molecule has 0 spiro atoms. The molecule has 4 heteroatoms. The molecule has 3 aromatic carbocycles. The number of hydrogen-bond donors (Lipinski definition) is 0. The van der Waals surface area contributed by atoms with Gasteiger partial charge in [0.1, 0.15) is 11.6 Å². The second kappa shape index (κ2) is 10.6. The number of isothiocyanates is 1. The third-order valence-corrected chi connectivity index (χ3v) is 4.86. The van der Waals surface area contributed by atoms with Gasteiger partial charge in [-0.2, -0.15) is 4.99 Å². The van der Waals surface area contributed by atoms with E-state index in [0.717, 1.165) is 36.8 Å². The second-order valence-corrected chi connectivity index (χ2v) is 7.15. The molecule has 0 fully saturated rings. The quantitative estimate of drug-likeness (QED) is 0.175. The maximum Gasteiger partial charge on any atom is 0.139 e. The topological polar surface area (TPSA) is 12.4 Å². The second-order valence-electron chi connectivity index (χ2n) is 6.97. The average Bonchev–Trinajstić information content (AvgIpc) is 2.74. The van der Waals surface area contributed by atoms with Crippen LogP contribution in [0.2, 0.25) is 0 Å². The third-order valence-electron chi connectivity index (χ3n) is 4.77. The van der Waals surface area contributed by atoms with Crippen LogP contribution in [0.15, 0.2) is 65.7 Å². The summed E-state index contributed by atoms with van der Waals surface area (Å²) in [5, 5.41) is 2.30. The summed E-state index contributed by atoms with van der Waals surface area (Å²) in [6.07, 6.45) is 4.18. The first kappa shape index (κ1) is 21.6. The number of rotatable bonds is 6. The molecule has 0 amide bonds. The van der Waals surface area contributed by atoms with Gasteiger partial charge in [-0.15, -0.1) is 0 Å². The van der Waals surface area contributed by atoms with E-state index in [1.54, 1.807) is 48.5 Å². The van der Waals surface area contributed by atoms with Crippen molar-refractivity contribution >= 4 is 23.1 Å². The Bertz CT molecular complexity index is 1130. The van der Waals surface area contributed by atoms with Crippen molar-refractivity contribution < 1.29 is 8.78 Å². The first-order valence-corrected chi connectivity index (χ1v) is 10.3. The lowest BCUT2D eigenvalue weighted by molar-refractivity contribution is 0.619. The zero-order chi connectivity index (χ0) is 21.3. The van der Waals surface area contributed by atoms with Crippen LogP contribution < -0.4 is 0 Å². The molecular weight excluding hydrogens is 396 g/mol. The molecule has 0 radical (unpaired) electrons. The van der Waals surface area contributed by atoms with E-state index in [9.17, 15) is 8.78 Å². The van der Waals surface area contributed by atoms with Crippen molar-refractivity contribution in [1.82, 2.24) is 0 Å². The van der Waals surface area contributed by atoms with E-state index in [1.165, 1.54) is 6.07 Å². The van der Waals surface area contributed by atoms with Crippen LogP contribution in [0.25, 0.3) is 11.1 Å². The van der Waals surface area contributed by atoms with Crippen molar-refractivity contribution in [2.75, 3.05) is 0 Å². The van der Waals surface area contributed by atoms with Gasteiger partial charge in [-0.25, -0.2) is 8.78 Å². The van der Waals surface area contributed by atoms with E-state index in [0.29, 0.717) is 22.4 Å². The normalized spacial score (nSPS) is 10.1. The van der Waals surface area contributed by atoms with Gasteiger partial charge in [-0.3, -0.25) is 0 Å². The molecular formula is C26H21F2NS. The highest BCUT2D eigenvalue weighted by Crippen LogP contribution is 2.25. The Morgan fingerprint density at radius 2 is 1.67 bits per heavy atom. The molecule has 0 N–H and O–H groups in total. The van der Waals surface area contributed by atoms with Gasteiger partial charge in [0.05, 0.1) is 16.4 Å². The van der Waals surface area contributed by atoms with Crippen molar-refractivity contribution in [2.24, 2.45) is 4.99 Å². The van der Waals surface area contributed by atoms with Crippen molar-refractivity contribution in [1.29, 1.82) is 0 Å². The van der Waals surface area contributed by atoms with Crippen LogP contribution in [0.5, 0.6) is 0 Å². The van der Waals surface area contributed by atoms with E-state index in [1.807, 2.05) is 6.07 Å². The first-order chi connectivity index (χ1) is 14.6. The lowest BCUT2D eigenvalue weighted by Gasteiger charge is -2.04. The summed E-state index contributed by atoms with van der Waals surface area (Å²) in [5.41, 5.74) is 3.62. The zero-order valence-electron chi connectivity index (χ0n) is 16.7. The van der Waals surface area contributed by atoms with Crippen molar-refractivity contribution in [3.63, 3.8) is 0 Å². The van der Waals surface area contributed by atoms with Gasteiger partial charge in [-0.05, 0) is 72.6 Å². The van der Waals surface area contributed by atoms with Crippen LogP contribution in [0.3, 0.4) is 0 Å². The van der Waals surface area contributed by atoms with Crippen molar-refractivity contribution in [3.8, 4) is 23.0 Å². The summed E-state index contributed by atoms with van der Waals surface area (Å²) in [5.74, 6) is 4.94. The Hall–Kier alpha value is -3.12. The molecule has 150 valence electrons. The molecule has 3 rings (SSSR count). The van der Waals surface area contributed by atoms with E-state index in [2.05, 4.69) is 41.1 Å². The highest BCUT2D eigenvalue weighted by Gasteiger charge is 2.06. The van der Waals surface area contributed by atoms with Crippen LogP contribution >= 0.6 is 12.2 Å². The number of nitrogens with zero attached hydrogens (tertiary/aromatic N) is 1. The minimum absolute atomic E-state index is 0.313. The van der Waals surface area contributed by atoms with Gasteiger partial charge >= 0.3 is 0 Å². The molecule has 1 nitrogen and oxygen atoms in total. The van der Waals surface area contributed by atoms with Crippen LogP contribution in [0, 0.1) is 23.5 Å². The summed E-state index contributed by atoms with van der Waals surface area (Å²) >= 11 is 4.58. The molecule has 0 saturated carbocycles. The van der Waals surface area contributed by atoms with Crippen LogP contribution in [0.1, 0.15) is 42.9 Å². The van der Waals surface area contributed by atoms with Crippen LogP contribution in [-0.2, 0) is 6.42 Å². The molecule has 0 aliphatic rings. The van der Waals surface area contributed by atoms with Gasteiger partial charge in [0, 0.05) is 11.1 Å². The number of thiocarbonyl (C=S) groups is 1. The number of hydrogen-bond acceptors (Lipinski definition) is 2. The predicted molar refractivity (Wildman–Crippen MR) is 122 cm³/mol. The van der Waals surface area contributed by atoms with E-state index >= 15 is 0 Å². The van der Waals surface area contributed by atoms with Crippen LogP contribution in [-0.4, -0.2) is 5.16 Å². The third kappa shape index (κ3) is 5.70. The van der Waals surface area contributed by atoms with Gasteiger partial charge < -0.3 is 0 Å². The zero-order valence-corrected chi connectivity index (χ0v) is 17.5. The summed E-state index contributed by atoms with van der Waals surface area (Å²) in [6, 6.07) is 16.9. The first-order valence-electron chi connectivity index (χ1n) is 9.89. The Balaban J connectivity index is 1.76. The highest BCUT2D eigenvalue weighted by atomic mass is 32.1. The summed E-state index contributed by atoms with van der Waals surface area (Å²) in [6.45, 7) is 2.14. The van der Waals surface area contributed by atoms with Gasteiger partial charge in [-0.1, -0.05) is 55.9 Å². The highest BCUT2D eigenvalue weighted by molar-refractivity contribution is 7.78. The molecule has 0 atom stereocenters. The minimum atomic E-state index is -0.389. The van der Waals surface area contributed by atoms with Gasteiger partial charge in [0.25, 0.3) is 0 Å². The number of aryl methyl sites for hydroxylation is 1. The average molecular weight is 418 g/mol. The fourth-order valence-electron chi connectivity index (χ4n) is 3.13. The lowest BCUT2D eigenvalue weighted by atomic mass is 10.0. The Kier molecular flexibility index (Phi) is 7.63. The molecule has 30 heavy (non-hydrogen) atoms. The lowest BCUT2D eigenvalue weighted by Crippen LogP contribution is -1.90. The van der Waals surface area contributed by atoms with E-state index in [4.69, 9.17) is 0 Å². The standard InChI is InChI=1S/C26H21F2NS/c1-2-3-4-5-19-6-9-22(25(27)16-19)10-7-20-8-15-24(26(28)17-20)21-11-13-23(14-12-21)29-18-30/h6,8-9,11-17H,2-5H2,1H3. The number of unbranched alkanes of at least 4 members (excludes halogenated alkanes) is 2. The Morgan fingerprint density at radius 1 is 0.867 bits per heavy atom. The Morgan fingerprint density at radius 3 is 2.33 bits per heavy atom. The Labute approximate surface area is 181 Å². The maximum atomic E-state index is 14.6. The van der Waals surface area contributed by atoms with Gasteiger partial charge in [0.15, 0.2) is 0 Å². The van der Waals surface area contributed by atoms with Crippen LogP contribution in [0.4, 0.5) is 14.5 Å². The van der Waals surface area contributed by atoms with Crippen molar-refractivity contribution in [2.45, 2.75) is 32.6 Å². The predicted octanol–water partition coefficient (Wildman–Crippen LogP) is 7.50. The monoisotopic (exact) mass is 417 g/mol.